The van der Waals surface area contributed by atoms with E-state index in [1.165, 1.54) is 16.7 Å². The van der Waals surface area contributed by atoms with Crippen LogP contribution in [-0.2, 0) is 6.18 Å². The van der Waals surface area contributed by atoms with Crippen LogP contribution >= 0.6 is 0 Å². The molecule has 2 aromatic rings. The van der Waals surface area contributed by atoms with E-state index in [4.69, 9.17) is 20.7 Å². The topological polar surface area (TPSA) is 123 Å². The van der Waals surface area contributed by atoms with Crippen LogP contribution in [0.15, 0.2) is 22.7 Å². The first-order valence-corrected chi connectivity index (χ1v) is 11.2. The summed E-state index contributed by atoms with van der Waals surface area (Å²) in [6.45, 7) is 2.74. The van der Waals surface area contributed by atoms with Gasteiger partial charge >= 0.3 is 12.1 Å². The number of nitrogens with zero attached hydrogens (tertiary/aromatic N) is 3. The SMILES string of the molecule is CCCCCCCCOc1ccc(-c2noc([C@@H]3[C@@H](O)CC[N+]3=C(N)N)n2)cc1C(F)(F)F. The van der Waals surface area contributed by atoms with E-state index in [2.05, 4.69) is 17.1 Å². The predicted octanol–water partition coefficient (Wildman–Crippen LogP) is 3.59. The van der Waals surface area contributed by atoms with E-state index >= 15 is 0 Å². The lowest BCUT2D eigenvalue weighted by Gasteiger charge is -2.15. The first-order chi connectivity index (χ1) is 15.7. The number of nitrogens with two attached hydrogens (primary N) is 2. The number of ether oxygens (including phenoxy) is 1. The van der Waals surface area contributed by atoms with Gasteiger partial charge in [-0.2, -0.15) is 18.2 Å². The number of aliphatic hydroxyl groups excluding tert-OH is 1. The minimum absolute atomic E-state index is 0.0116. The van der Waals surface area contributed by atoms with Crippen molar-refractivity contribution in [3.63, 3.8) is 0 Å². The van der Waals surface area contributed by atoms with Gasteiger partial charge in [0.15, 0.2) is 6.04 Å². The van der Waals surface area contributed by atoms with Gasteiger partial charge in [-0.1, -0.05) is 44.2 Å². The highest BCUT2D eigenvalue weighted by Crippen LogP contribution is 2.39. The second-order valence-electron chi connectivity index (χ2n) is 8.20. The highest BCUT2D eigenvalue weighted by molar-refractivity contribution is 5.70. The molecule has 1 aliphatic rings. The molecular formula is C22H31F3N5O3+. The molecule has 5 N–H and O–H groups in total. The molecule has 0 unspecified atom stereocenters. The zero-order chi connectivity index (χ0) is 24.0. The van der Waals surface area contributed by atoms with E-state index in [9.17, 15) is 18.3 Å². The Morgan fingerprint density at radius 1 is 1.21 bits per heavy atom. The highest BCUT2D eigenvalue weighted by atomic mass is 19.4. The smallest absolute Gasteiger partial charge is 0.419 e. The molecule has 1 aromatic carbocycles. The first-order valence-electron chi connectivity index (χ1n) is 11.2. The van der Waals surface area contributed by atoms with Crippen LogP contribution in [0.5, 0.6) is 5.75 Å². The summed E-state index contributed by atoms with van der Waals surface area (Å²) in [7, 11) is 0. The molecule has 11 heteroatoms. The Bertz CT molecular complexity index is 957. The molecule has 0 radical (unpaired) electrons. The Balaban J connectivity index is 1.75. The first kappa shape index (κ1) is 24.8. The third-order valence-electron chi connectivity index (χ3n) is 5.69. The quantitative estimate of drug-likeness (QED) is 0.275. The van der Waals surface area contributed by atoms with Gasteiger partial charge in [-0.05, 0) is 24.6 Å². The van der Waals surface area contributed by atoms with E-state index in [1.54, 1.807) is 0 Å². The number of rotatable bonds is 10. The Hall–Kier alpha value is -2.82. The number of aromatic nitrogens is 2. The highest BCUT2D eigenvalue weighted by Gasteiger charge is 2.40. The fraction of sp³-hybridized carbons (Fsp3) is 0.591. The maximum absolute atomic E-state index is 13.7. The Morgan fingerprint density at radius 3 is 2.64 bits per heavy atom. The van der Waals surface area contributed by atoms with Crippen LogP contribution < -0.4 is 16.2 Å². The molecule has 1 aliphatic heterocycles. The Labute approximate surface area is 190 Å². The average molecular weight is 471 g/mol. The second kappa shape index (κ2) is 10.9. The monoisotopic (exact) mass is 470 g/mol. The summed E-state index contributed by atoms with van der Waals surface area (Å²) in [4.78, 5) is 4.20. The normalized spacial score (nSPS) is 18.6. The summed E-state index contributed by atoms with van der Waals surface area (Å²) in [6, 6.07) is 2.91. The van der Waals surface area contributed by atoms with Gasteiger partial charge in [-0.15, -0.1) is 0 Å². The summed E-state index contributed by atoms with van der Waals surface area (Å²) >= 11 is 0. The molecule has 0 saturated carbocycles. The van der Waals surface area contributed by atoms with Gasteiger partial charge in [0.05, 0.1) is 24.8 Å². The second-order valence-corrected chi connectivity index (χ2v) is 8.20. The van der Waals surface area contributed by atoms with E-state index < -0.39 is 23.9 Å². The summed E-state index contributed by atoms with van der Waals surface area (Å²) < 4.78 is 53.3. The van der Waals surface area contributed by atoms with Gasteiger partial charge in [0, 0.05) is 12.0 Å². The lowest BCUT2D eigenvalue weighted by molar-refractivity contribution is -0.560. The molecule has 1 fully saturated rings. The van der Waals surface area contributed by atoms with Gasteiger partial charge in [0.2, 0.25) is 5.82 Å². The van der Waals surface area contributed by atoms with Crippen LogP contribution in [0, 0.1) is 0 Å². The van der Waals surface area contributed by atoms with Crippen molar-refractivity contribution in [3.8, 4) is 17.1 Å². The number of benzene rings is 1. The van der Waals surface area contributed by atoms with Crippen LogP contribution in [0.2, 0.25) is 0 Å². The maximum atomic E-state index is 13.7. The van der Waals surface area contributed by atoms with E-state index in [0.717, 1.165) is 38.2 Å². The molecule has 0 aliphatic carbocycles. The Kier molecular flexibility index (Phi) is 8.17. The molecule has 0 amide bonds. The van der Waals surface area contributed by atoms with Gasteiger partial charge in [-0.3, -0.25) is 16.0 Å². The van der Waals surface area contributed by atoms with Gasteiger partial charge < -0.3 is 14.4 Å². The number of guanidine groups is 1. The number of hydrogen-bond donors (Lipinski definition) is 3. The molecule has 3 rings (SSSR count). The van der Waals surface area contributed by atoms with Gasteiger partial charge in [0.25, 0.3) is 5.89 Å². The molecule has 1 aromatic heterocycles. The predicted molar refractivity (Wildman–Crippen MR) is 115 cm³/mol. The number of aliphatic hydroxyl groups is 1. The lowest BCUT2D eigenvalue weighted by atomic mass is 10.1. The minimum atomic E-state index is -4.61. The fourth-order valence-corrected chi connectivity index (χ4v) is 3.92. The zero-order valence-electron chi connectivity index (χ0n) is 18.6. The number of unbranched alkanes of at least 4 members (excludes halogenated alkanes) is 5. The molecule has 0 spiro atoms. The van der Waals surface area contributed by atoms with Gasteiger partial charge in [0.1, 0.15) is 5.75 Å². The number of hydrogen-bond acceptors (Lipinski definition) is 5. The summed E-state index contributed by atoms with van der Waals surface area (Å²) in [5, 5.41) is 14.0. The third-order valence-corrected chi connectivity index (χ3v) is 5.69. The molecule has 182 valence electrons. The maximum Gasteiger partial charge on any atom is 0.419 e. The van der Waals surface area contributed by atoms with Crippen molar-refractivity contribution in [1.29, 1.82) is 0 Å². The van der Waals surface area contributed by atoms with Gasteiger partial charge in [-0.25, -0.2) is 0 Å². The molecule has 33 heavy (non-hydrogen) atoms. The fourth-order valence-electron chi connectivity index (χ4n) is 3.92. The molecule has 0 bridgehead atoms. The largest absolute Gasteiger partial charge is 0.493 e. The minimum Gasteiger partial charge on any atom is -0.493 e. The summed E-state index contributed by atoms with van der Waals surface area (Å²) in [6.07, 6.45) is 1.01. The molecule has 2 heterocycles. The summed E-state index contributed by atoms with van der Waals surface area (Å²) in [5.41, 5.74) is 10.5. The zero-order valence-corrected chi connectivity index (χ0v) is 18.6. The van der Waals surface area contributed by atoms with Crippen molar-refractivity contribution in [3.05, 3.63) is 29.7 Å². The average Bonchev–Trinajstić information content (AvgIpc) is 3.39. The summed E-state index contributed by atoms with van der Waals surface area (Å²) in [5.74, 6) is -0.248. The van der Waals surface area contributed by atoms with Crippen LogP contribution in [0.4, 0.5) is 13.2 Å². The van der Waals surface area contributed by atoms with Crippen molar-refractivity contribution < 1.29 is 32.1 Å². The third kappa shape index (κ3) is 6.16. The van der Waals surface area contributed by atoms with Crippen molar-refractivity contribution in [2.24, 2.45) is 11.5 Å². The van der Waals surface area contributed by atoms with Crippen LogP contribution in [-0.4, -0.2) is 45.0 Å². The van der Waals surface area contributed by atoms with Crippen molar-refractivity contribution >= 4 is 5.96 Å². The molecular weight excluding hydrogens is 439 g/mol. The lowest BCUT2D eigenvalue weighted by Crippen LogP contribution is -2.37. The number of halogens is 3. The van der Waals surface area contributed by atoms with Crippen molar-refractivity contribution in [2.45, 2.75) is 70.2 Å². The number of alkyl halides is 3. The molecule has 2 atom stereocenters. The van der Waals surface area contributed by atoms with E-state index in [1.807, 2.05) is 0 Å². The van der Waals surface area contributed by atoms with E-state index in [-0.39, 0.29) is 35.6 Å². The van der Waals surface area contributed by atoms with Crippen LogP contribution in [0.3, 0.4) is 0 Å². The Morgan fingerprint density at radius 2 is 1.94 bits per heavy atom. The molecule has 8 nitrogen and oxygen atoms in total. The standard InChI is InChI=1S/C22H30F3N5O3/c1-2-3-4-5-6-7-12-32-17-9-8-14(13-15(17)22(23,24)25)19-28-20(33-29-19)18-16(31)10-11-30(18)21(26)27/h8-9,13,16,18,31H,2-7,10-12H2,1H3,(H3,26,27)/p+1/t16-,18-/m0/s1. The van der Waals surface area contributed by atoms with Crippen molar-refractivity contribution in [2.75, 3.05) is 13.2 Å². The van der Waals surface area contributed by atoms with Crippen molar-refractivity contribution in [1.82, 2.24) is 10.1 Å². The van der Waals surface area contributed by atoms with E-state index in [0.29, 0.717) is 19.4 Å². The van der Waals surface area contributed by atoms with Crippen LogP contribution in [0.1, 0.15) is 69.4 Å². The van der Waals surface area contributed by atoms with Crippen LogP contribution in [0.25, 0.3) is 11.4 Å². The molecule has 1 saturated heterocycles.